The summed E-state index contributed by atoms with van der Waals surface area (Å²) in [6.45, 7) is 4.88. The number of anilines is 1. The average molecular weight is 416 g/mol. The zero-order chi connectivity index (χ0) is 21.0. The number of rotatable bonds is 9. The smallest absolute Gasteiger partial charge is 0.224 e. The van der Waals surface area contributed by atoms with Crippen molar-refractivity contribution < 1.29 is 14.4 Å². The van der Waals surface area contributed by atoms with Gasteiger partial charge in [0.25, 0.3) is 0 Å². The number of ketones is 1. The molecule has 1 aromatic heterocycles. The van der Waals surface area contributed by atoms with Crippen molar-refractivity contribution in [1.29, 1.82) is 0 Å². The highest BCUT2D eigenvalue weighted by atomic mass is 32.2. The summed E-state index contributed by atoms with van der Waals surface area (Å²) in [7, 11) is 0. The maximum atomic E-state index is 12.7. The second-order valence-corrected chi connectivity index (χ2v) is 8.44. The largest absolute Gasteiger partial charge is 0.370 e. The number of nitrogens with one attached hydrogen (secondary N) is 1. The van der Waals surface area contributed by atoms with Gasteiger partial charge in [-0.05, 0) is 36.1 Å². The Balaban J connectivity index is 1.69. The summed E-state index contributed by atoms with van der Waals surface area (Å²) < 4.78 is 1.97. The molecule has 3 N–H and O–H groups in total. The van der Waals surface area contributed by atoms with E-state index in [0.29, 0.717) is 48.3 Å². The SMILES string of the molecule is CC(C)Cn1c(CCC(N)=O)nnc1SCC(=O)c1ccc2c(c1)CCC(=O)N2. The van der Waals surface area contributed by atoms with Crippen LogP contribution in [0.2, 0.25) is 0 Å². The molecule has 2 amide bonds. The number of thioether (sulfide) groups is 1. The van der Waals surface area contributed by atoms with Crippen LogP contribution in [0, 0.1) is 5.92 Å². The molecule has 2 heterocycles. The van der Waals surface area contributed by atoms with Crippen LogP contribution in [0.5, 0.6) is 0 Å². The molecule has 0 radical (unpaired) electrons. The molecule has 0 spiro atoms. The molecule has 0 aliphatic carbocycles. The lowest BCUT2D eigenvalue weighted by molar-refractivity contribution is -0.118. The number of nitrogens with two attached hydrogens (primary N) is 1. The number of nitrogens with zero attached hydrogens (tertiary/aromatic N) is 3. The minimum Gasteiger partial charge on any atom is -0.370 e. The number of carbonyl (C=O) groups excluding carboxylic acids is 3. The van der Waals surface area contributed by atoms with E-state index < -0.39 is 0 Å². The van der Waals surface area contributed by atoms with Gasteiger partial charge in [0.2, 0.25) is 11.8 Å². The van der Waals surface area contributed by atoms with Gasteiger partial charge >= 0.3 is 0 Å². The highest BCUT2D eigenvalue weighted by molar-refractivity contribution is 7.99. The van der Waals surface area contributed by atoms with E-state index >= 15 is 0 Å². The van der Waals surface area contributed by atoms with E-state index in [1.807, 2.05) is 10.6 Å². The van der Waals surface area contributed by atoms with E-state index in [9.17, 15) is 14.4 Å². The van der Waals surface area contributed by atoms with Gasteiger partial charge in [0.15, 0.2) is 10.9 Å². The molecule has 29 heavy (non-hydrogen) atoms. The Morgan fingerprint density at radius 3 is 2.79 bits per heavy atom. The van der Waals surface area contributed by atoms with E-state index in [2.05, 4.69) is 29.4 Å². The summed E-state index contributed by atoms with van der Waals surface area (Å²) in [4.78, 5) is 35.3. The summed E-state index contributed by atoms with van der Waals surface area (Å²) >= 11 is 1.34. The molecular formula is C20H25N5O3S. The number of benzene rings is 1. The van der Waals surface area contributed by atoms with Gasteiger partial charge in [0.1, 0.15) is 5.82 Å². The summed E-state index contributed by atoms with van der Waals surface area (Å²) in [5, 5.41) is 11.9. The van der Waals surface area contributed by atoms with Crippen molar-refractivity contribution in [1.82, 2.24) is 14.8 Å². The third kappa shape index (κ3) is 5.44. The van der Waals surface area contributed by atoms with Crippen LogP contribution < -0.4 is 11.1 Å². The van der Waals surface area contributed by atoms with Gasteiger partial charge in [0, 0.05) is 37.1 Å². The van der Waals surface area contributed by atoms with Gasteiger partial charge in [0.05, 0.1) is 5.75 Å². The van der Waals surface area contributed by atoms with Crippen molar-refractivity contribution in [2.45, 2.75) is 51.2 Å². The summed E-state index contributed by atoms with van der Waals surface area (Å²) in [6.07, 6.45) is 1.72. The first-order valence-electron chi connectivity index (χ1n) is 9.62. The standard InChI is InChI=1S/C20H25N5O3S/c1-12(2)10-25-18(7-6-17(21)27)23-24-20(25)29-11-16(26)14-3-5-15-13(9-14)4-8-19(28)22-15/h3,5,9,12H,4,6-8,10-11H2,1-2H3,(H2,21,27)(H,22,28). The molecule has 1 aromatic carbocycles. The number of Topliss-reactive ketones (excluding diaryl/α,β-unsaturated/α-hetero) is 1. The topological polar surface area (TPSA) is 120 Å². The van der Waals surface area contributed by atoms with Crippen molar-refractivity contribution in [2.24, 2.45) is 11.7 Å². The van der Waals surface area contributed by atoms with Crippen LogP contribution in [-0.4, -0.2) is 38.1 Å². The number of fused-ring (bicyclic) bond motifs is 1. The highest BCUT2D eigenvalue weighted by Crippen LogP contribution is 2.25. The van der Waals surface area contributed by atoms with Crippen LogP contribution >= 0.6 is 11.8 Å². The van der Waals surface area contributed by atoms with E-state index in [1.54, 1.807) is 12.1 Å². The summed E-state index contributed by atoms with van der Waals surface area (Å²) in [6, 6.07) is 5.38. The zero-order valence-electron chi connectivity index (χ0n) is 16.6. The molecule has 0 saturated heterocycles. The molecule has 3 rings (SSSR count). The van der Waals surface area contributed by atoms with Crippen molar-refractivity contribution >= 4 is 35.0 Å². The maximum Gasteiger partial charge on any atom is 0.224 e. The number of amides is 2. The minimum atomic E-state index is -0.378. The van der Waals surface area contributed by atoms with Crippen molar-refractivity contribution in [3.8, 4) is 0 Å². The van der Waals surface area contributed by atoms with Gasteiger partial charge in [-0.3, -0.25) is 14.4 Å². The molecular weight excluding hydrogens is 390 g/mol. The number of primary amides is 1. The fourth-order valence-corrected chi connectivity index (χ4v) is 4.03. The zero-order valence-corrected chi connectivity index (χ0v) is 17.4. The fraction of sp³-hybridized carbons (Fsp3) is 0.450. The molecule has 0 saturated carbocycles. The molecule has 0 unspecified atom stereocenters. The summed E-state index contributed by atoms with van der Waals surface area (Å²) in [5.41, 5.74) is 7.63. The first-order chi connectivity index (χ1) is 13.8. The van der Waals surface area contributed by atoms with E-state index in [-0.39, 0.29) is 29.8 Å². The molecule has 0 atom stereocenters. The van der Waals surface area contributed by atoms with Crippen molar-refractivity contribution in [2.75, 3.05) is 11.1 Å². The van der Waals surface area contributed by atoms with Crippen LogP contribution in [0.1, 0.15) is 48.4 Å². The lowest BCUT2D eigenvalue weighted by atomic mass is 9.99. The highest BCUT2D eigenvalue weighted by Gasteiger charge is 2.19. The van der Waals surface area contributed by atoms with Gasteiger partial charge in [-0.25, -0.2) is 0 Å². The molecule has 0 fully saturated rings. The Hall–Kier alpha value is -2.68. The normalized spacial score (nSPS) is 13.3. The molecule has 9 heteroatoms. The monoisotopic (exact) mass is 415 g/mol. The predicted molar refractivity (Wildman–Crippen MR) is 111 cm³/mol. The fourth-order valence-electron chi connectivity index (χ4n) is 3.16. The van der Waals surface area contributed by atoms with Crippen LogP contribution in [-0.2, 0) is 29.0 Å². The molecule has 1 aliphatic rings. The lowest BCUT2D eigenvalue weighted by Crippen LogP contribution is -2.19. The molecule has 2 aromatic rings. The second-order valence-electron chi connectivity index (χ2n) is 7.50. The van der Waals surface area contributed by atoms with Crippen molar-refractivity contribution in [3.05, 3.63) is 35.2 Å². The number of hydrogen-bond acceptors (Lipinski definition) is 6. The van der Waals surface area contributed by atoms with Gasteiger partial charge in [-0.2, -0.15) is 0 Å². The lowest BCUT2D eigenvalue weighted by Gasteiger charge is -2.17. The van der Waals surface area contributed by atoms with Crippen LogP contribution in [0.15, 0.2) is 23.4 Å². The Kier molecular flexibility index (Phi) is 6.68. The van der Waals surface area contributed by atoms with Crippen LogP contribution in [0.25, 0.3) is 0 Å². The van der Waals surface area contributed by atoms with Gasteiger partial charge in [-0.15, -0.1) is 10.2 Å². The van der Waals surface area contributed by atoms with E-state index in [4.69, 9.17) is 5.73 Å². The third-order valence-corrected chi connectivity index (χ3v) is 5.56. The number of aromatic nitrogens is 3. The minimum absolute atomic E-state index is 0.00348. The predicted octanol–water partition coefficient (Wildman–Crippen LogP) is 2.21. The summed E-state index contributed by atoms with van der Waals surface area (Å²) in [5.74, 6) is 0.923. The van der Waals surface area contributed by atoms with Crippen molar-refractivity contribution in [3.63, 3.8) is 0 Å². The quantitative estimate of drug-likeness (QED) is 0.479. The first kappa shape index (κ1) is 21.0. The Labute approximate surface area is 173 Å². The Bertz CT molecular complexity index is 938. The van der Waals surface area contributed by atoms with Crippen LogP contribution in [0.4, 0.5) is 5.69 Å². The molecule has 0 bridgehead atoms. The van der Waals surface area contributed by atoms with Gasteiger partial charge in [-0.1, -0.05) is 25.6 Å². The van der Waals surface area contributed by atoms with E-state index in [0.717, 1.165) is 11.3 Å². The Morgan fingerprint density at radius 1 is 1.28 bits per heavy atom. The molecule has 1 aliphatic heterocycles. The average Bonchev–Trinajstić information content (AvgIpc) is 3.04. The van der Waals surface area contributed by atoms with E-state index in [1.165, 1.54) is 11.8 Å². The van der Waals surface area contributed by atoms with Gasteiger partial charge < -0.3 is 15.6 Å². The number of carbonyl (C=O) groups is 3. The Morgan fingerprint density at radius 2 is 2.07 bits per heavy atom. The molecule has 8 nitrogen and oxygen atoms in total. The third-order valence-electron chi connectivity index (χ3n) is 4.59. The number of aryl methyl sites for hydroxylation is 2. The maximum absolute atomic E-state index is 12.7. The van der Waals surface area contributed by atoms with Crippen LogP contribution in [0.3, 0.4) is 0 Å². The molecule has 154 valence electrons. The first-order valence-corrected chi connectivity index (χ1v) is 10.6. The second kappa shape index (κ2) is 9.21. The number of hydrogen-bond donors (Lipinski definition) is 2.